The molecule has 0 spiro atoms. The Morgan fingerprint density at radius 2 is 1.62 bits per heavy atom. The Bertz CT molecular complexity index is 1800. The number of anilines is 1. The highest BCUT2D eigenvalue weighted by atomic mass is 32.2. The van der Waals surface area contributed by atoms with Crippen molar-refractivity contribution in [2.75, 3.05) is 25.6 Å². The molecule has 1 saturated heterocycles. The number of nitrogens with zero attached hydrogens (tertiary/aromatic N) is 4. The number of thioether (sulfide) groups is 1. The number of carbonyl (C=O) groups excluding carboxylic acids is 3. The van der Waals surface area contributed by atoms with Gasteiger partial charge in [0.1, 0.15) is 29.9 Å². The van der Waals surface area contributed by atoms with Crippen LogP contribution in [0, 0.1) is 17.5 Å². The van der Waals surface area contributed by atoms with Gasteiger partial charge in [0.25, 0.3) is 0 Å². The molecule has 1 aromatic heterocycles. The molecule has 0 bridgehead atoms. The molecular formula is C32H31F3N4O7S. The van der Waals surface area contributed by atoms with Gasteiger partial charge in [-0.05, 0) is 35.7 Å². The normalized spacial score (nSPS) is 20.9. The minimum Gasteiger partial charge on any atom is -0.463 e. The smallest absolute Gasteiger partial charge is 0.303 e. The maximum Gasteiger partial charge on any atom is 0.303 e. The van der Waals surface area contributed by atoms with Gasteiger partial charge in [0.05, 0.1) is 6.20 Å². The molecule has 5 rings (SSSR count). The summed E-state index contributed by atoms with van der Waals surface area (Å²) in [6.45, 7) is 3.22. The van der Waals surface area contributed by atoms with Gasteiger partial charge < -0.3 is 23.8 Å². The minimum absolute atomic E-state index is 0.0515. The van der Waals surface area contributed by atoms with Crippen molar-refractivity contribution >= 4 is 46.1 Å². The number of esters is 3. The topological polar surface area (TPSA) is 122 Å². The first-order chi connectivity index (χ1) is 22.3. The fraction of sp³-hybridized carbons (Fsp3) is 0.344. The van der Waals surface area contributed by atoms with E-state index in [4.69, 9.17) is 18.9 Å². The van der Waals surface area contributed by atoms with Crippen LogP contribution in [0.15, 0.2) is 59.6 Å². The van der Waals surface area contributed by atoms with E-state index >= 15 is 0 Å². The van der Waals surface area contributed by atoms with Crippen LogP contribution in [0.4, 0.5) is 18.9 Å². The number of benzene rings is 3. The molecule has 3 aromatic carbocycles. The SMILES string of the molecule is CC(=O)OCC1OC(Sc2ccc3c(N(C)C)cccc3c2)C(OC(C)=O)C(n2cc(-c3cc(F)c(F)c(F)c3)nn2)C1OC(C)=O. The van der Waals surface area contributed by atoms with E-state index < -0.39 is 65.1 Å². The van der Waals surface area contributed by atoms with Gasteiger partial charge in [0.2, 0.25) is 0 Å². The second kappa shape index (κ2) is 14.0. The van der Waals surface area contributed by atoms with Gasteiger partial charge in [-0.3, -0.25) is 14.4 Å². The molecule has 0 N–H and O–H groups in total. The van der Waals surface area contributed by atoms with Crippen molar-refractivity contribution < 1.29 is 46.5 Å². The lowest BCUT2D eigenvalue weighted by atomic mass is 9.96. The zero-order chi connectivity index (χ0) is 34.0. The molecule has 2 heterocycles. The molecule has 0 amide bonds. The van der Waals surface area contributed by atoms with Crippen molar-refractivity contribution in [2.24, 2.45) is 0 Å². The van der Waals surface area contributed by atoms with Gasteiger partial charge in [-0.1, -0.05) is 35.2 Å². The summed E-state index contributed by atoms with van der Waals surface area (Å²) in [6.07, 6.45) is -2.22. The zero-order valence-electron chi connectivity index (χ0n) is 26.0. The number of fused-ring (bicyclic) bond motifs is 1. The van der Waals surface area contributed by atoms with Crippen molar-refractivity contribution in [3.8, 4) is 11.3 Å². The van der Waals surface area contributed by atoms with Crippen LogP contribution in [0.2, 0.25) is 0 Å². The van der Waals surface area contributed by atoms with Gasteiger partial charge in [-0.25, -0.2) is 17.9 Å². The van der Waals surface area contributed by atoms with Crippen molar-refractivity contribution in [2.45, 2.75) is 55.5 Å². The van der Waals surface area contributed by atoms with Crippen molar-refractivity contribution in [1.29, 1.82) is 0 Å². The lowest BCUT2D eigenvalue weighted by Gasteiger charge is -2.44. The predicted molar refractivity (Wildman–Crippen MR) is 165 cm³/mol. The van der Waals surface area contributed by atoms with Crippen LogP contribution in [-0.4, -0.2) is 77.4 Å². The van der Waals surface area contributed by atoms with Gasteiger partial charge in [-0.2, -0.15) is 0 Å². The average molecular weight is 673 g/mol. The molecule has 0 aliphatic carbocycles. The van der Waals surface area contributed by atoms with Crippen LogP contribution in [0.3, 0.4) is 0 Å². The molecule has 47 heavy (non-hydrogen) atoms. The van der Waals surface area contributed by atoms with E-state index in [2.05, 4.69) is 10.3 Å². The molecule has 5 unspecified atom stereocenters. The molecule has 1 aliphatic heterocycles. The van der Waals surface area contributed by atoms with Crippen LogP contribution >= 0.6 is 11.8 Å². The van der Waals surface area contributed by atoms with E-state index in [0.29, 0.717) is 0 Å². The van der Waals surface area contributed by atoms with Crippen LogP contribution in [-0.2, 0) is 33.3 Å². The Kier molecular flexibility index (Phi) is 10.1. The van der Waals surface area contributed by atoms with Crippen LogP contribution in [0.1, 0.15) is 26.8 Å². The fourth-order valence-electron chi connectivity index (χ4n) is 5.38. The first-order valence-electron chi connectivity index (χ1n) is 14.4. The second-order valence-electron chi connectivity index (χ2n) is 11.0. The standard InChI is InChI=1S/C32H31F3N4O7S/c1-16(40)43-15-27-30(44-17(2)41)29(39-14-25(36-37-39)20-12-23(33)28(35)24(34)13-20)31(45-18(3)42)32(46-27)47-21-9-10-22-19(11-21)7-6-8-26(22)38(4)5/h6-14,27,29-32H,15H2,1-5H3. The fourth-order valence-corrected chi connectivity index (χ4v) is 6.54. The van der Waals surface area contributed by atoms with Gasteiger partial charge in [-0.15, -0.1) is 5.10 Å². The summed E-state index contributed by atoms with van der Waals surface area (Å²) < 4.78 is 66.1. The highest BCUT2D eigenvalue weighted by Gasteiger charge is 2.52. The molecule has 0 saturated carbocycles. The number of hydrogen-bond donors (Lipinski definition) is 0. The first-order valence-corrected chi connectivity index (χ1v) is 15.3. The van der Waals surface area contributed by atoms with Crippen molar-refractivity contribution in [3.05, 3.63) is 72.2 Å². The lowest BCUT2D eigenvalue weighted by Crippen LogP contribution is -2.57. The Hall–Kier alpha value is -4.63. The van der Waals surface area contributed by atoms with Gasteiger partial charge in [0, 0.05) is 56.4 Å². The molecule has 248 valence electrons. The summed E-state index contributed by atoms with van der Waals surface area (Å²) in [7, 11) is 3.89. The third-order valence-electron chi connectivity index (χ3n) is 7.33. The first kappa shape index (κ1) is 33.7. The molecule has 1 aliphatic rings. The number of ether oxygens (including phenoxy) is 4. The Balaban J connectivity index is 1.59. The molecule has 15 heteroatoms. The van der Waals surface area contributed by atoms with Crippen LogP contribution in [0.25, 0.3) is 22.0 Å². The number of carbonyl (C=O) groups is 3. The van der Waals surface area contributed by atoms with E-state index in [0.717, 1.165) is 40.4 Å². The molecule has 4 aromatic rings. The molecular weight excluding hydrogens is 641 g/mol. The van der Waals surface area contributed by atoms with Gasteiger partial charge in [0.15, 0.2) is 29.7 Å². The summed E-state index contributed by atoms with van der Waals surface area (Å²) in [5, 5.41) is 10.1. The van der Waals surface area contributed by atoms with E-state index in [1.165, 1.54) is 36.5 Å². The molecule has 5 atom stereocenters. The summed E-state index contributed by atoms with van der Waals surface area (Å²) in [4.78, 5) is 39.4. The van der Waals surface area contributed by atoms with Gasteiger partial charge >= 0.3 is 17.9 Å². The highest BCUT2D eigenvalue weighted by Crippen LogP contribution is 2.42. The Morgan fingerprint density at radius 3 is 2.26 bits per heavy atom. The molecule has 0 radical (unpaired) electrons. The number of hydrogen-bond acceptors (Lipinski definition) is 11. The maximum absolute atomic E-state index is 14.1. The van der Waals surface area contributed by atoms with Crippen LogP contribution in [0.5, 0.6) is 0 Å². The summed E-state index contributed by atoms with van der Waals surface area (Å²) in [5.41, 5.74) is -0.133. The van der Waals surface area contributed by atoms with Crippen molar-refractivity contribution in [3.63, 3.8) is 0 Å². The third-order valence-corrected chi connectivity index (χ3v) is 8.47. The largest absolute Gasteiger partial charge is 0.463 e. The predicted octanol–water partition coefficient (Wildman–Crippen LogP) is 5.07. The monoisotopic (exact) mass is 672 g/mol. The quantitative estimate of drug-likeness (QED) is 0.135. The summed E-state index contributed by atoms with van der Waals surface area (Å²) in [6, 6.07) is 12.1. The average Bonchev–Trinajstić information content (AvgIpc) is 3.49. The van der Waals surface area contributed by atoms with E-state index in [9.17, 15) is 27.6 Å². The third kappa shape index (κ3) is 7.52. The summed E-state index contributed by atoms with van der Waals surface area (Å²) >= 11 is 1.21. The second-order valence-corrected chi connectivity index (χ2v) is 12.2. The van der Waals surface area contributed by atoms with E-state index in [1.54, 1.807) is 0 Å². The van der Waals surface area contributed by atoms with Crippen molar-refractivity contribution in [1.82, 2.24) is 15.0 Å². The lowest BCUT2D eigenvalue weighted by molar-refractivity contribution is -0.212. The zero-order valence-corrected chi connectivity index (χ0v) is 26.8. The highest BCUT2D eigenvalue weighted by molar-refractivity contribution is 7.99. The molecule has 1 fully saturated rings. The van der Waals surface area contributed by atoms with E-state index in [1.807, 2.05) is 55.4 Å². The Labute approximate surface area is 271 Å². The number of aromatic nitrogens is 3. The maximum atomic E-state index is 14.1. The number of halogens is 3. The Morgan fingerprint density at radius 1 is 0.936 bits per heavy atom. The number of rotatable bonds is 9. The van der Waals surface area contributed by atoms with E-state index in [-0.39, 0.29) is 17.9 Å². The summed E-state index contributed by atoms with van der Waals surface area (Å²) in [5.74, 6) is -6.53. The van der Waals surface area contributed by atoms with Crippen LogP contribution < -0.4 is 4.90 Å². The minimum atomic E-state index is -1.64. The molecule has 11 nitrogen and oxygen atoms in total.